The zero-order valence-electron chi connectivity index (χ0n) is 11.9. The fraction of sp³-hybridized carbons (Fsp3) is 0.467. The number of nitrogens with one attached hydrogen (secondary N) is 1. The molecule has 3 atom stereocenters. The van der Waals surface area contributed by atoms with Gasteiger partial charge in [-0.05, 0) is 25.0 Å². The Labute approximate surface area is 126 Å². The Morgan fingerprint density at radius 2 is 2.23 bits per heavy atom. The summed E-state index contributed by atoms with van der Waals surface area (Å²) in [5.41, 5.74) is 1.83. The third-order valence-electron chi connectivity index (χ3n) is 4.60. The highest BCUT2D eigenvalue weighted by Crippen LogP contribution is 2.40. The minimum absolute atomic E-state index is 0.0899. The van der Waals surface area contributed by atoms with E-state index >= 15 is 0 Å². The number of hydrogen-bond acceptors (Lipinski definition) is 4. The van der Waals surface area contributed by atoms with Gasteiger partial charge in [-0.15, -0.1) is 0 Å². The van der Waals surface area contributed by atoms with Crippen molar-refractivity contribution in [2.75, 3.05) is 6.54 Å². The number of fused-ring (bicyclic) bond motifs is 1. The normalized spacial score (nSPS) is 27.3. The number of para-hydroxylation sites is 2. The van der Waals surface area contributed by atoms with Gasteiger partial charge in [0, 0.05) is 17.9 Å². The van der Waals surface area contributed by atoms with Gasteiger partial charge in [-0.2, -0.15) is 0 Å². The minimum atomic E-state index is -0.690. The fourth-order valence-electron chi connectivity index (χ4n) is 3.34. The maximum atomic E-state index is 12.5. The van der Waals surface area contributed by atoms with Gasteiger partial charge in [0.1, 0.15) is 11.7 Å². The first-order chi connectivity index (χ1) is 10.6. The predicted octanol–water partition coefficient (Wildman–Crippen LogP) is 1.89. The summed E-state index contributed by atoms with van der Waals surface area (Å²) in [5, 5.41) is 10.8. The number of aromatic amines is 1. The SMILES string of the molecule is O=C([C@@H]1C[C@H]1[N+](=O)[O-])N1CCC[C@@H]1c1nc2ccccc2[nH]1. The summed E-state index contributed by atoms with van der Waals surface area (Å²) in [4.78, 5) is 32.6. The van der Waals surface area contributed by atoms with Gasteiger partial charge in [0.2, 0.25) is 11.9 Å². The molecule has 1 saturated heterocycles. The number of carbonyl (C=O) groups is 1. The molecule has 7 nitrogen and oxygen atoms in total. The molecular formula is C15H16N4O3. The van der Waals surface area contributed by atoms with Crippen LogP contribution in [-0.4, -0.2) is 38.3 Å². The van der Waals surface area contributed by atoms with Crippen molar-refractivity contribution in [1.82, 2.24) is 14.9 Å². The highest BCUT2D eigenvalue weighted by Gasteiger charge is 2.55. The summed E-state index contributed by atoms with van der Waals surface area (Å²) >= 11 is 0. The molecule has 0 radical (unpaired) electrons. The van der Waals surface area contributed by atoms with Gasteiger partial charge in [-0.1, -0.05) is 12.1 Å². The second-order valence-electron chi connectivity index (χ2n) is 6.02. The topological polar surface area (TPSA) is 92.1 Å². The van der Waals surface area contributed by atoms with E-state index in [1.54, 1.807) is 4.90 Å². The summed E-state index contributed by atoms with van der Waals surface area (Å²) < 4.78 is 0. The summed E-state index contributed by atoms with van der Waals surface area (Å²) in [6.45, 7) is 0.654. The Hall–Kier alpha value is -2.44. The van der Waals surface area contributed by atoms with E-state index in [4.69, 9.17) is 0 Å². The molecular weight excluding hydrogens is 284 g/mol. The van der Waals surface area contributed by atoms with E-state index in [-0.39, 0.29) is 16.9 Å². The van der Waals surface area contributed by atoms with Gasteiger partial charge >= 0.3 is 0 Å². The number of benzene rings is 1. The highest BCUT2D eigenvalue weighted by atomic mass is 16.6. The Balaban J connectivity index is 1.58. The largest absolute Gasteiger partial charge is 0.340 e. The van der Waals surface area contributed by atoms with Gasteiger partial charge in [0.15, 0.2) is 0 Å². The quantitative estimate of drug-likeness (QED) is 0.692. The van der Waals surface area contributed by atoms with Crippen molar-refractivity contribution in [2.45, 2.75) is 31.3 Å². The molecule has 2 fully saturated rings. The van der Waals surface area contributed by atoms with E-state index in [9.17, 15) is 14.9 Å². The summed E-state index contributed by atoms with van der Waals surface area (Å²) in [5.74, 6) is 0.245. The van der Waals surface area contributed by atoms with Crippen molar-refractivity contribution in [3.63, 3.8) is 0 Å². The van der Waals surface area contributed by atoms with E-state index in [0.717, 1.165) is 29.7 Å². The molecule has 1 aliphatic heterocycles. The molecule has 0 spiro atoms. The number of amides is 1. The smallest absolute Gasteiger partial charge is 0.233 e. The Morgan fingerprint density at radius 1 is 1.41 bits per heavy atom. The van der Waals surface area contributed by atoms with E-state index in [1.165, 1.54) is 0 Å². The van der Waals surface area contributed by atoms with Crippen molar-refractivity contribution < 1.29 is 9.72 Å². The molecule has 1 N–H and O–H groups in total. The van der Waals surface area contributed by atoms with Gasteiger partial charge in [-0.3, -0.25) is 14.9 Å². The first kappa shape index (κ1) is 13.2. The number of likely N-dealkylation sites (tertiary alicyclic amines) is 1. The van der Waals surface area contributed by atoms with Crippen LogP contribution in [0, 0.1) is 16.0 Å². The molecule has 4 rings (SSSR count). The van der Waals surface area contributed by atoms with Gasteiger partial charge < -0.3 is 9.88 Å². The van der Waals surface area contributed by atoms with Crippen molar-refractivity contribution in [3.05, 3.63) is 40.2 Å². The number of imidazole rings is 1. The number of rotatable bonds is 3. The van der Waals surface area contributed by atoms with Crippen LogP contribution in [0.1, 0.15) is 31.1 Å². The molecule has 0 unspecified atom stereocenters. The maximum Gasteiger partial charge on any atom is 0.233 e. The van der Waals surface area contributed by atoms with Gasteiger partial charge in [-0.25, -0.2) is 4.98 Å². The lowest BCUT2D eigenvalue weighted by Gasteiger charge is -2.22. The average molecular weight is 300 g/mol. The second kappa shape index (κ2) is 4.79. The zero-order valence-corrected chi connectivity index (χ0v) is 11.9. The van der Waals surface area contributed by atoms with E-state index in [2.05, 4.69) is 9.97 Å². The molecule has 2 heterocycles. The molecule has 7 heteroatoms. The van der Waals surface area contributed by atoms with Crippen LogP contribution in [0.5, 0.6) is 0 Å². The molecule has 114 valence electrons. The summed E-state index contributed by atoms with van der Waals surface area (Å²) in [6, 6.07) is 6.97. The van der Waals surface area contributed by atoms with Crippen LogP contribution in [0.15, 0.2) is 24.3 Å². The average Bonchev–Trinajstić information content (AvgIpc) is 2.98. The number of nitrogens with zero attached hydrogens (tertiary/aromatic N) is 3. The number of hydrogen-bond donors (Lipinski definition) is 1. The number of aromatic nitrogens is 2. The van der Waals surface area contributed by atoms with Crippen LogP contribution in [-0.2, 0) is 4.79 Å². The van der Waals surface area contributed by atoms with Crippen LogP contribution in [0.3, 0.4) is 0 Å². The first-order valence-electron chi connectivity index (χ1n) is 7.54. The molecule has 1 aromatic heterocycles. The van der Waals surface area contributed by atoms with Crippen LogP contribution in [0.4, 0.5) is 0 Å². The number of nitro groups is 1. The lowest BCUT2D eigenvalue weighted by Crippen LogP contribution is -2.33. The summed E-state index contributed by atoms with van der Waals surface area (Å²) in [7, 11) is 0. The molecule has 1 saturated carbocycles. The minimum Gasteiger partial charge on any atom is -0.340 e. The third kappa shape index (κ3) is 2.04. The zero-order chi connectivity index (χ0) is 15.3. The standard InChI is InChI=1S/C15H16N4O3/c20-15(9-8-13(9)19(21)22)18-7-3-6-12(18)14-16-10-4-1-2-5-11(10)17-14/h1-2,4-5,9,12-13H,3,6-8H2,(H,16,17)/t9-,12-,13-/m1/s1. The van der Waals surface area contributed by atoms with Crippen LogP contribution < -0.4 is 0 Å². The monoisotopic (exact) mass is 300 g/mol. The lowest BCUT2D eigenvalue weighted by atomic mass is 10.2. The third-order valence-corrected chi connectivity index (χ3v) is 4.60. The maximum absolute atomic E-state index is 12.5. The Kier molecular flexibility index (Phi) is 2.88. The number of H-pyrrole nitrogens is 1. The molecule has 2 aliphatic rings. The van der Waals surface area contributed by atoms with E-state index in [0.29, 0.717) is 13.0 Å². The molecule has 22 heavy (non-hydrogen) atoms. The van der Waals surface area contributed by atoms with Gasteiger partial charge in [0.05, 0.1) is 17.1 Å². The van der Waals surface area contributed by atoms with Crippen LogP contribution in [0.25, 0.3) is 11.0 Å². The lowest BCUT2D eigenvalue weighted by molar-refractivity contribution is -0.497. The fourth-order valence-corrected chi connectivity index (χ4v) is 3.34. The molecule has 1 amide bonds. The van der Waals surface area contributed by atoms with E-state index < -0.39 is 12.0 Å². The van der Waals surface area contributed by atoms with Crippen LogP contribution in [0.2, 0.25) is 0 Å². The van der Waals surface area contributed by atoms with Crippen molar-refractivity contribution in [3.8, 4) is 0 Å². The van der Waals surface area contributed by atoms with Gasteiger partial charge in [0.25, 0.3) is 0 Å². The predicted molar refractivity (Wildman–Crippen MR) is 78.7 cm³/mol. The second-order valence-corrected chi connectivity index (χ2v) is 6.02. The molecule has 0 bridgehead atoms. The molecule has 2 aromatic rings. The molecule has 1 aliphatic carbocycles. The Morgan fingerprint density at radius 3 is 2.95 bits per heavy atom. The van der Waals surface area contributed by atoms with Crippen molar-refractivity contribution in [2.24, 2.45) is 5.92 Å². The van der Waals surface area contributed by atoms with E-state index in [1.807, 2.05) is 24.3 Å². The first-order valence-corrected chi connectivity index (χ1v) is 7.54. The van der Waals surface area contributed by atoms with Crippen molar-refractivity contribution in [1.29, 1.82) is 0 Å². The highest BCUT2D eigenvalue weighted by molar-refractivity contribution is 5.83. The number of carbonyl (C=O) groups excluding carboxylic acids is 1. The summed E-state index contributed by atoms with van der Waals surface area (Å²) in [6.07, 6.45) is 2.12. The van der Waals surface area contributed by atoms with Crippen LogP contribution >= 0.6 is 0 Å². The molecule has 1 aromatic carbocycles. The Bertz CT molecular complexity index is 723. The van der Waals surface area contributed by atoms with Crippen molar-refractivity contribution >= 4 is 16.9 Å².